The van der Waals surface area contributed by atoms with E-state index in [2.05, 4.69) is 20.3 Å². The van der Waals surface area contributed by atoms with E-state index in [-0.39, 0.29) is 0 Å². The maximum Gasteiger partial charge on any atom is 0.223 e. The summed E-state index contributed by atoms with van der Waals surface area (Å²) in [5, 5.41) is 2.92. The lowest BCUT2D eigenvalue weighted by atomic mass is 10.2. The van der Waals surface area contributed by atoms with Crippen LogP contribution in [-0.4, -0.2) is 26.6 Å². The van der Waals surface area contributed by atoms with Gasteiger partial charge >= 0.3 is 0 Å². The first kappa shape index (κ1) is 9.64. The molecule has 0 aliphatic carbocycles. The van der Waals surface area contributed by atoms with Crippen molar-refractivity contribution in [1.82, 2.24) is 19.5 Å². The van der Waals surface area contributed by atoms with Crippen LogP contribution in [0.15, 0.2) is 18.6 Å². The van der Waals surface area contributed by atoms with Gasteiger partial charge in [0.05, 0.1) is 0 Å². The first-order chi connectivity index (χ1) is 7.22. The van der Waals surface area contributed by atoms with Crippen LogP contribution in [0.1, 0.15) is 5.56 Å². The highest BCUT2D eigenvalue weighted by Crippen LogP contribution is 2.18. The zero-order valence-electron chi connectivity index (χ0n) is 9.02. The molecule has 2 aromatic heterocycles. The van der Waals surface area contributed by atoms with Gasteiger partial charge in [-0.3, -0.25) is 0 Å². The number of hydrogen-bond acceptors (Lipinski definition) is 4. The number of anilines is 1. The van der Waals surface area contributed by atoms with Gasteiger partial charge in [-0.25, -0.2) is 15.0 Å². The van der Waals surface area contributed by atoms with Crippen LogP contribution >= 0.6 is 0 Å². The third-order valence-corrected chi connectivity index (χ3v) is 2.23. The number of rotatable bonds is 2. The van der Waals surface area contributed by atoms with Crippen LogP contribution in [0.3, 0.4) is 0 Å². The maximum absolute atomic E-state index is 4.39. The third kappa shape index (κ3) is 1.68. The lowest BCUT2D eigenvalue weighted by Crippen LogP contribution is -2.02. The predicted molar refractivity (Wildman–Crippen MR) is 58.5 cm³/mol. The number of aryl methyl sites for hydroxylation is 2. The molecule has 0 unspecified atom stereocenters. The molecule has 0 atom stereocenters. The molecule has 0 aliphatic heterocycles. The van der Waals surface area contributed by atoms with Crippen molar-refractivity contribution in [2.45, 2.75) is 6.92 Å². The second-order valence-corrected chi connectivity index (χ2v) is 3.34. The van der Waals surface area contributed by atoms with Gasteiger partial charge in [0.25, 0.3) is 0 Å². The lowest BCUT2D eigenvalue weighted by molar-refractivity contribution is 0.912. The van der Waals surface area contributed by atoms with Crippen LogP contribution in [0.2, 0.25) is 0 Å². The van der Waals surface area contributed by atoms with Gasteiger partial charge in [-0.05, 0) is 12.5 Å². The van der Waals surface area contributed by atoms with Crippen molar-refractivity contribution in [3.63, 3.8) is 0 Å². The van der Waals surface area contributed by atoms with Crippen molar-refractivity contribution in [3.8, 4) is 11.5 Å². The second-order valence-electron chi connectivity index (χ2n) is 3.34. The normalized spacial score (nSPS) is 10.3. The second kappa shape index (κ2) is 3.68. The first-order valence-electron chi connectivity index (χ1n) is 4.71. The molecule has 0 saturated carbocycles. The minimum absolute atomic E-state index is 0.610. The Morgan fingerprint density at radius 3 is 2.73 bits per heavy atom. The smallest absolute Gasteiger partial charge is 0.223 e. The fourth-order valence-electron chi connectivity index (χ4n) is 1.38. The topological polar surface area (TPSA) is 55.6 Å². The molecule has 78 valence electrons. The standard InChI is InChI=1S/C10H13N5/c1-7-6-13-10(11-2)14-8(7)9-12-4-5-15(9)3/h4-6H,1-3H3,(H,11,13,14). The highest BCUT2D eigenvalue weighted by Gasteiger charge is 2.09. The molecule has 15 heavy (non-hydrogen) atoms. The molecular weight excluding hydrogens is 190 g/mol. The fourth-order valence-corrected chi connectivity index (χ4v) is 1.38. The van der Waals surface area contributed by atoms with Crippen molar-refractivity contribution in [3.05, 3.63) is 24.2 Å². The van der Waals surface area contributed by atoms with Gasteiger partial charge in [0.1, 0.15) is 5.69 Å². The Kier molecular flexibility index (Phi) is 2.37. The van der Waals surface area contributed by atoms with E-state index in [1.165, 1.54) is 0 Å². The molecule has 0 spiro atoms. The number of nitrogens with one attached hydrogen (secondary N) is 1. The average molecular weight is 203 g/mol. The molecule has 0 aliphatic rings. The largest absolute Gasteiger partial charge is 0.357 e. The lowest BCUT2D eigenvalue weighted by Gasteiger charge is -2.06. The Morgan fingerprint density at radius 1 is 1.33 bits per heavy atom. The fraction of sp³-hybridized carbons (Fsp3) is 0.300. The molecule has 0 bridgehead atoms. The average Bonchev–Trinajstić information content (AvgIpc) is 2.65. The number of aromatic nitrogens is 4. The van der Waals surface area contributed by atoms with Gasteiger partial charge in [0, 0.05) is 32.7 Å². The van der Waals surface area contributed by atoms with Crippen LogP contribution in [0.4, 0.5) is 5.95 Å². The summed E-state index contributed by atoms with van der Waals surface area (Å²) < 4.78 is 1.94. The summed E-state index contributed by atoms with van der Waals surface area (Å²) in [5.74, 6) is 1.46. The van der Waals surface area contributed by atoms with Gasteiger partial charge in [-0.15, -0.1) is 0 Å². The van der Waals surface area contributed by atoms with Crippen molar-refractivity contribution in [2.75, 3.05) is 12.4 Å². The zero-order valence-corrected chi connectivity index (χ0v) is 9.02. The molecule has 0 fully saturated rings. The van der Waals surface area contributed by atoms with E-state index < -0.39 is 0 Å². The van der Waals surface area contributed by atoms with E-state index in [4.69, 9.17) is 0 Å². The molecule has 1 N–H and O–H groups in total. The van der Waals surface area contributed by atoms with E-state index in [0.29, 0.717) is 5.95 Å². The Bertz CT molecular complexity index is 474. The Balaban J connectivity index is 2.56. The molecule has 0 radical (unpaired) electrons. The Hall–Kier alpha value is -1.91. The molecular formula is C10H13N5. The molecule has 5 heteroatoms. The molecule has 0 aromatic carbocycles. The number of imidazole rings is 1. The predicted octanol–water partition coefficient (Wildman–Crippen LogP) is 1.23. The number of nitrogens with zero attached hydrogens (tertiary/aromatic N) is 4. The van der Waals surface area contributed by atoms with Crippen LogP contribution in [-0.2, 0) is 7.05 Å². The summed E-state index contributed by atoms with van der Waals surface area (Å²) >= 11 is 0. The summed E-state index contributed by atoms with van der Waals surface area (Å²) in [4.78, 5) is 12.8. The van der Waals surface area contributed by atoms with E-state index >= 15 is 0 Å². The van der Waals surface area contributed by atoms with E-state index in [1.807, 2.05) is 24.7 Å². The van der Waals surface area contributed by atoms with Crippen LogP contribution in [0.25, 0.3) is 11.5 Å². The maximum atomic E-state index is 4.39. The van der Waals surface area contributed by atoms with Gasteiger partial charge in [0.15, 0.2) is 5.82 Å². The SMILES string of the molecule is CNc1ncc(C)c(-c2nccn2C)n1. The van der Waals surface area contributed by atoms with Crippen molar-refractivity contribution >= 4 is 5.95 Å². The van der Waals surface area contributed by atoms with Gasteiger partial charge in [-0.2, -0.15) is 0 Å². The van der Waals surface area contributed by atoms with Gasteiger partial charge in [0.2, 0.25) is 5.95 Å². The van der Waals surface area contributed by atoms with Crippen molar-refractivity contribution < 1.29 is 0 Å². The van der Waals surface area contributed by atoms with Gasteiger partial charge < -0.3 is 9.88 Å². The highest BCUT2D eigenvalue weighted by atomic mass is 15.1. The van der Waals surface area contributed by atoms with Crippen molar-refractivity contribution in [2.24, 2.45) is 7.05 Å². The van der Waals surface area contributed by atoms with E-state index in [1.54, 1.807) is 19.4 Å². The summed E-state index contributed by atoms with van der Waals surface area (Å²) in [5.41, 5.74) is 1.88. The Labute approximate surface area is 88.2 Å². The summed E-state index contributed by atoms with van der Waals surface area (Å²) in [6, 6.07) is 0. The van der Waals surface area contributed by atoms with E-state index in [0.717, 1.165) is 17.1 Å². The first-order valence-corrected chi connectivity index (χ1v) is 4.71. The minimum atomic E-state index is 0.610. The zero-order chi connectivity index (χ0) is 10.8. The molecule has 2 aromatic rings. The Morgan fingerprint density at radius 2 is 2.13 bits per heavy atom. The molecule has 5 nitrogen and oxygen atoms in total. The summed E-state index contributed by atoms with van der Waals surface area (Å²) in [7, 11) is 3.75. The van der Waals surface area contributed by atoms with E-state index in [9.17, 15) is 0 Å². The molecule has 0 saturated heterocycles. The van der Waals surface area contributed by atoms with Crippen LogP contribution in [0, 0.1) is 6.92 Å². The van der Waals surface area contributed by atoms with Crippen LogP contribution < -0.4 is 5.32 Å². The van der Waals surface area contributed by atoms with Crippen LogP contribution in [0.5, 0.6) is 0 Å². The third-order valence-electron chi connectivity index (χ3n) is 2.23. The van der Waals surface area contributed by atoms with Crippen molar-refractivity contribution in [1.29, 1.82) is 0 Å². The molecule has 2 heterocycles. The molecule has 0 amide bonds. The monoisotopic (exact) mass is 203 g/mol. The number of hydrogen-bond donors (Lipinski definition) is 1. The quantitative estimate of drug-likeness (QED) is 0.797. The summed E-state index contributed by atoms with van der Waals surface area (Å²) in [6.07, 6.45) is 5.45. The summed E-state index contributed by atoms with van der Waals surface area (Å²) in [6.45, 7) is 1.98. The molecule has 2 rings (SSSR count). The van der Waals surface area contributed by atoms with Gasteiger partial charge in [-0.1, -0.05) is 0 Å². The highest BCUT2D eigenvalue weighted by molar-refractivity contribution is 5.56. The minimum Gasteiger partial charge on any atom is -0.357 e.